The molecule has 1 radical (unpaired) electrons. The van der Waals surface area contributed by atoms with Crippen LogP contribution in [0.25, 0.3) is 11.5 Å². The molecule has 6 heavy (non-hydrogen) atoms. The van der Waals surface area contributed by atoms with Crippen LogP contribution in [0.2, 0.25) is 0 Å². The SMILES string of the molecule is CC([NH-])C[NH-].[Co+2]. The maximum atomic E-state index is 6.64. The van der Waals surface area contributed by atoms with Crippen molar-refractivity contribution in [2.75, 3.05) is 6.54 Å². The topological polar surface area (TPSA) is 47.6 Å². The van der Waals surface area contributed by atoms with Crippen LogP contribution in [0.3, 0.4) is 0 Å². The van der Waals surface area contributed by atoms with Gasteiger partial charge in [-0.15, -0.1) is 0 Å². The predicted octanol–water partition coefficient (Wildman–Crippen LogP) is 1.48. The summed E-state index contributed by atoms with van der Waals surface area (Å²) in [7, 11) is 0. The zero-order valence-electron chi connectivity index (χ0n) is 3.62. The van der Waals surface area contributed by atoms with E-state index < -0.39 is 0 Å². The molecule has 0 fully saturated rings. The van der Waals surface area contributed by atoms with Crippen LogP contribution in [0.5, 0.6) is 0 Å². The van der Waals surface area contributed by atoms with Gasteiger partial charge in [0.25, 0.3) is 0 Å². The molecule has 0 aliphatic heterocycles. The summed E-state index contributed by atoms with van der Waals surface area (Å²) in [5, 5.41) is 0. The van der Waals surface area contributed by atoms with Crippen molar-refractivity contribution in [3.05, 3.63) is 11.5 Å². The third-order valence-corrected chi connectivity index (χ3v) is 0.306. The minimum atomic E-state index is -0.199. The van der Waals surface area contributed by atoms with Crippen molar-refractivity contribution in [1.82, 2.24) is 0 Å². The molecule has 0 saturated heterocycles. The Morgan fingerprint density at radius 2 is 1.83 bits per heavy atom. The number of rotatable bonds is 1. The van der Waals surface area contributed by atoms with Crippen molar-refractivity contribution in [3.8, 4) is 0 Å². The van der Waals surface area contributed by atoms with Crippen molar-refractivity contribution in [2.45, 2.75) is 13.0 Å². The van der Waals surface area contributed by atoms with E-state index in [0.29, 0.717) is 0 Å². The first-order valence-electron chi connectivity index (χ1n) is 1.63. The quantitative estimate of drug-likeness (QED) is 0.517. The second kappa shape index (κ2) is 5.43. The monoisotopic (exact) mass is 131 g/mol. The Labute approximate surface area is 48.5 Å². The summed E-state index contributed by atoms with van der Waals surface area (Å²) in [5.41, 5.74) is 13.1. The molecule has 39 valence electrons. The Kier molecular flexibility index (Phi) is 8.73. The second-order valence-electron chi connectivity index (χ2n) is 1.11. The second-order valence-corrected chi connectivity index (χ2v) is 1.11. The van der Waals surface area contributed by atoms with Crippen LogP contribution in [0.1, 0.15) is 6.92 Å². The van der Waals surface area contributed by atoms with Crippen LogP contribution in [-0.2, 0) is 16.8 Å². The van der Waals surface area contributed by atoms with Gasteiger partial charge in [0.05, 0.1) is 0 Å². The molecule has 1 atom stereocenters. The summed E-state index contributed by atoms with van der Waals surface area (Å²) in [5.74, 6) is 0. The molecule has 0 aliphatic rings. The smallest absolute Gasteiger partial charge is 0.679 e. The minimum absolute atomic E-state index is 0. The van der Waals surface area contributed by atoms with Gasteiger partial charge in [0.2, 0.25) is 0 Å². The van der Waals surface area contributed by atoms with E-state index in [1.807, 2.05) is 0 Å². The van der Waals surface area contributed by atoms with Gasteiger partial charge in [-0.2, -0.15) is 12.6 Å². The molecule has 0 aromatic carbocycles. The largest absolute Gasteiger partial charge is 2.00 e. The van der Waals surface area contributed by atoms with Crippen LogP contribution in [0.4, 0.5) is 0 Å². The summed E-state index contributed by atoms with van der Waals surface area (Å²) in [6.07, 6.45) is 0. The third-order valence-electron chi connectivity index (χ3n) is 0.306. The summed E-state index contributed by atoms with van der Waals surface area (Å²) in [6, 6.07) is -0.199. The van der Waals surface area contributed by atoms with E-state index in [2.05, 4.69) is 0 Å². The number of hydrogen-bond donors (Lipinski definition) is 0. The van der Waals surface area contributed by atoms with Crippen LogP contribution < -0.4 is 0 Å². The molecule has 2 nitrogen and oxygen atoms in total. The number of nitrogens with one attached hydrogen (secondary N) is 2. The van der Waals surface area contributed by atoms with E-state index in [4.69, 9.17) is 11.5 Å². The van der Waals surface area contributed by atoms with Crippen molar-refractivity contribution < 1.29 is 16.8 Å². The van der Waals surface area contributed by atoms with E-state index in [0.717, 1.165) is 0 Å². The molecule has 0 heterocycles. The standard InChI is InChI=1S/C3H8N2.Co/c1-3(5)2-4;/h3-5H,2H2,1H3;/q-2;+2. The van der Waals surface area contributed by atoms with E-state index in [1.54, 1.807) is 6.92 Å². The van der Waals surface area contributed by atoms with Crippen LogP contribution in [0.15, 0.2) is 0 Å². The molecule has 0 aromatic heterocycles. The number of hydrogen-bond acceptors (Lipinski definition) is 0. The molecule has 0 amide bonds. The zero-order valence-corrected chi connectivity index (χ0v) is 4.66. The van der Waals surface area contributed by atoms with Gasteiger partial charge in [0, 0.05) is 0 Å². The normalized spacial score (nSPS) is 12.5. The van der Waals surface area contributed by atoms with Crippen LogP contribution >= 0.6 is 0 Å². The van der Waals surface area contributed by atoms with Gasteiger partial charge in [-0.05, 0) is 0 Å². The molecule has 0 bridgehead atoms. The average molecular weight is 131 g/mol. The maximum absolute atomic E-state index is 6.64. The van der Waals surface area contributed by atoms with Crippen LogP contribution in [0, 0.1) is 0 Å². The first-order chi connectivity index (χ1) is 2.27. The van der Waals surface area contributed by atoms with Gasteiger partial charge in [0.15, 0.2) is 0 Å². The summed E-state index contributed by atoms with van der Waals surface area (Å²) in [6.45, 7) is 1.92. The van der Waals surface area contributed by atoms with Gasteiger partial charge in [-0.25, -0.2) is 0 Å². The molecule has 0 spiro atoms. The zero-order chi connectivity index (χ0) is 4.28. The van der Waals surface area contributed by atoms with E-state index in [-0.39, 0.29) is 29.4 Å². The molecular formula is C3H8CoN2. The fourth-order valence-electron chi connectivity index (χ4n) is 0. The average Bonchev–Trinajstić information content (AvgIpc) is 1.38. The minimum Gasteiger partial charge on any atom is -0.679 e. The third kappa shape index (κ3) is 8.83. The van der Waals surface area contributed by atoms with E-state index >= 15 is 0 Å². The Bertz CT molecular complexity index is 22.8. The molecular weight excluding hydrogens is 123 g/mol. The predicted molar refractivity (Wildman–Crippen MR) is 23.0 cm³/mol. The summed E-state index contributed by atoms with van der Waals surface area (Å²) in [4.78, 5) is 0. The van der Waals surface area contributed by atoms with Crippen molar-refractivity contribution in [2.24, 2.45) is 0 Å². The Balaban J connectivity index is 0. The van der Waals surface area contributed by atoms with Crippen molar-refractivity contribution >= 4 is 0 Å². The van der Waals surface area contributed by atoms with Gasteiger partial charge >= 0.3 is 16.8 Å². The Morgan fingerprint density at radius 1 is 1.67 bits per heavy atom. The molecule has 0 rings (SSSR count). The molecule has 0 aliphatic carbocycles. The summed E-state index contributed by atoms with van der Waals surface area (Å²) < 4.78 is 0. The maximum Gasteiger partial charge on any atom is 2.00 e. The first-order valence-corrected chi connectivity index (χ1v) is 1.63. The summed E-state index contributed by atoms with van der Waals surface area (Å²) >= 11 is 0. The fraction of sp³-hybridized carbons (Fsp3) is 1.00. The van der Waals surface area contributed by atoms with Gasteiger partial charge in [-0.1, -0.05) is 6.92 Å². The molecule has 1 unspecified atom stereocenters. The fourth-order valence-corrected chi connectivity index (χ4v) is 0. The molecule has 2 N–H and O–H groups in total. The molecule has 0 aromatic rings. The Hall–Kier alpha value is 0.426. The van der Waals surface area contributed by atoms with Gasteiger partial charge < -0.3 is 11.5 Å². The van der Waals surface area contributed by atoms with Gasteiger partial charge in [-0.3, -0.25) is 0 Å². The molecule has 3 heteroatoms. The first kappa shape index (κ1) is 9.66. The van der Waals surface area contributed by atoms with Crippen LogP contribution in [-0.4, -0.2) is 12.6 Å². The van der Waals surface area contributed by atoms with Crippen molar-refractivity contribution in [1.29, 1.82) is 0 Å². The van der Waals surface area contributed by atoms with Crippen molar-refractivity contribution in [3.63, 3.8) is 0 Å². The van der Waals surface area contributed by atoms with Gasteiger partial charge in [0.1, 0.15) is 0 Å². The van der Waals surface area contributed by atoms with E-state index in [9.17, 15) is 0 Å². The Morgan fingerprint density at radius 3 is 1.83 bits per heavy atom. The molecule has 0 saturated carbocycles. The van der Waals surface area contributed by atoms with E-state index in [1.165, 1.54) is 0 Å².